The van der Waals surface area contributed by atoms with Crippen LogP contribution < -0.4 is 4.74 Å². The summed E-state index contributed by atoms with van der Waals surface area (Å²) in [5.74, 6) is -0.132. The molecule has 1 aromatic rings. The van der Waals surface area contributed by atoms with Crippen molar-refractivity contribution >= 4 is 28.2 Å². The van der Waals surface area contributed by atoms with Crippen molar-refractivity contribution < 1.29 is 23.1 Å². The Hall–Kier alpha value is -1.31. The van der Waals surface area contributed by atoms with Gasteiger partial charge in [-0.15, -0.1) is 12.4 Å². The number of aliphatic carboxylic acids is 1. The molecule has 1 aliphatic rings. The van der Waals surface area contributed by atoms with Gasteiger partial charge in [-0.05, 0) is 50.1 Å². The van der Waals surface area contributed by atoms with E-state index in [4.69, 9.17) is 4.74 Å². The zero-order chi connectivity index (χ0) is 16.9. The first-order valence-electron chi connectivity index (χ1n) is 7.78. The Kier molecular flexibility index (Phi) is 7.99. The van der Waals surface area contributed by atoms with Crippen molar-refractivity contribution in [3.63, 3.8) is 0 Å². The highest BCUT2D eigenvalue weighted by Gasteiger charge is 2.27. The number of halogens is 1. The van der Waals surface area contributed by atoms with Crippen molar-refractivity contribution in [3.8, 4) is 5.75 Å². The third-order valence-electron chi connectivity index (χ3n) is 4.01. The number of carboxylic acid groups (broad SMARTS) is 1. The van der Waals surface area contributed by atoms with Crippen LogP contribution in [-0.4, -0.2) is 56.4 Å². The van der Waals surface area contributed by atoms with E-state index in [0.717, 1.165) is 25.8 Å². The second-order valence-corrected chi connectivity index (χ2v) is 7.85. The van der Waals surface area contributed by atoms with Crippen molar-refractivity contribution in [2.24, 2.45) is 0 Å². The second kappa shape index (κ2) is 9.25. The lowest BCUT2D eigenvalue weighted by Gasteiger charge is -2.32. The van der Waals surface area contributed by atoms with Crippen LogP contribution in [0.3, 0.4) is 0 Å². The monoisotopic (exact) mass is 377 g/mol. The summed E-state index contributed by atoms with van der Waals surface area (Å²) in [4.78, 5) is 13.5. The van der Waals surface area contributed by atoms with Gasteiger partial charge in [0.1, 0.15) is 11.8 Å². The maximum atomic E-state index is 11.4. The maximum absolute atomic E-state index is 11.4. The molecule has 0 saturated carbocycles. The van der Waals surface area contributed by atoms with Crippen LogP contribution in [0.5, 0.6) is 5.75 Å². The summed E-state index contributed by atoms with van der Waals surface area (Å²) < 4.78 is 28.3. The van der Waals surface area contributed by atoms with Crippen LogP contribution in [0.2, 0.25) is 0 Å². The van der Waals surface area contributed by atoms with E-state index in [0.29, 0.717) is 25.3 Å². The van der Waals surface area contributed by atoms with Gasteiger partial charge in [0.2, 0.25) is 0 Å². The van der Waals surface area contributed by atoms with E-state index in [2.05, 4.69) is 0 Å². The third kappa shape index (κ3) is 5.96. The average Bonchev–Trinajstić information content (AvgIpc) is 2.51. The molecule has 1 heterocycles. The van der Waals surface area contributed by atoms with Crippen LogP contribution in [0.25, 0.3) is 0 Å². The number of hydrogen-bond donors (Lipinski definition) is 1. The number of ether oxygens (including phenoxy) is 1. The topological polar surface area (TPSA) is 83.9 Å². The van der Waals surface area contributed by atoms with Gasteiger partial charge in [0.05, 0.1) is 11.5 Å². The zero-order valence-electron chi connectivity index (χ0n) is 13.7. The Morgan fingerprint density at radius 2 is 1.96 bits per heavy atom. The normalized spacial score (nSPS) is 18.6. The van der Waals surface area contributed by atoms with Crippen molar-refractivity contribution in [1.82, 2.24) is 4.90 Å². The van der Waals surface area contributed by atoms with Gasteiger partial charge in [-0.1, -0.05) is 6.42 Å². The van der Waals surface area contributed by atoms with E-state index in [1.807, 2.05) is 4.90 Å². The lowest BCUT2D eigenvalue weighted by Crippen LogP contribution is -2.45. The lowest BCUT2D eigenvalue weighted by atomic mass is 10.0. The summed E-state index contributed by atoms with van der Waals surface area (Å²) in [7, 11) is -3.19. The fraction of sp³-hybridized carbons (Fsp3) is 0.562. The largest absolute Gasteiger partial charge is 0.494 e. The predicted octanol–water partition coefficient (Wildman–Crippen LogP) is 2.22. The van der Waals surface area contributed by atoms with E-state index in [1.165, 1.54) is 18.4 Å². The quantitative estimate of drug-likeness (QED) is 0.733. The molecule has 1 unspecified atom stereocenters. The minimum absolute atomic E-state index is 0. The molecule has 8 heteroatoms. The number of carbonyl (C=O) groups is 1. The van der Waals surface area contributed by atoms with Gasteiger partial charge in [-0.2, -0.15) is 0 Å². The first kappa shape index (κ1) is 20.7. The van der Waals surface area contributed by atoms with E-state index in [-0.39, 0.29) is 23.3 Å². The summed E-state index contributed by atoms with van der Waals surface area (Å²) in [5, 5.41) is 9.21. The molecule has 0 aromatic heterocycles. The van der Waals surface area contributed by atoms with Crippen LogP contribution in [0, 0.1) is 0 Å². The highest BCUT2D eigenvalue weighted by molar-refractivity contribution is 7.90. The summed E-state index contributed by atoms with van der Waals surface area (Å²) in [6, 6.07) is 5.94. The van der Waals surface area contributed by atoms with Crippen LogP contribution >= 0.6 is 12.4 Å². The Labute approximate surface area is 149 Å². The van der Waals surface area contributed by atoms with E-state index in [9.17, 15) is 18.3 Å². The number of hydrogen-bond acceptors (Lipinski definition) is 5. The third-order valence-corrected chi connectivity index (χ3v) is 5.14. The zero-order valence-corrected chi connectivity index (χ0v) is 15.3. The lowest BCUT2D eigenvalue weighted by molar-refractivity contribution is -0.144. The molecule has 1 N–H and O–H groups in total. The standard InChI is InChI=1S/C16H23NO5S.ClH/c1-23(20,21)14-8-6-13(7-9-14)22-12-4-11-17-10-3-2-5-15(17)16(18)19;/h6-9,15H,2-5,10-12H2,1H3,(H,18,19);1H. The van der Waals surface area contributed by atoms with E-state index < -0.39 is 15.8 Å². The molecular formula is C16H24ClNO5S. The number of rotatable bonds is 7. The number of likely N-dealkylation sites (tertiary alicyclic amines) is 1. The highest BCUT2D eigenvalue weighted by Crippen LogP contribution is 2.18. The van der Waals surface area contributed by atoms with Crippen molar-refractivity contribution in [2.45, 2.75) is 36.6 Å². The summed E-state index contributed by atoms with van der Waals surface area (Å²) in [6.45, 7) is 1.99. The highest BCUT2D eigenvalue weighted by atomic mass is 35.5. The Balaban J connectivity index is 0.00000288. The molecule has 1 aliphatic heterocycles. The molecule has 1 saturated heterocycles. The van der Waals surface area contributed by atoms with Gasteiger partial charge in [-0.3, -0.25) is 9.69 Å². The number of piperidine rings is 1. The van der Waals surface area contributed by atoms with Crippen molar-refractivity contribution in [1.29, 1.82) is 0 Å². The van der Waals surface area contributed by atoms with Gasteiger partial charge in [0.15, 0.2) is 9.84 Å². The van der Waals surface area contributed by atoms with E-state index >= 15 is 0 Å². The van der Waals surface area contributed by atoms with Gasteiger partial charge in [0.25, 0.3) is 0 Å². The minimum atomic E-state index is -3.19. The number of nitrogens with zero attached hydrogens (tertiary/aromatic N) is 1. The number of carboxylic acids is 1. The fourth-order valence-electron chi connectivity index (χ4n) is 2.78. The van der Waals surface area contributed by atoms with Crippen LogP contribution in [-0.2, 0) is 14.6 Å². The Morgan fingerprint density at radius 1 is 1.29 bits per heavy atom. The fourth-order valence-corrected chi connectivity index (χ4v) is 3.41. The molecule has 0 bridgehead atoms. The molecule has 0 radical (unpaired) electrons. The van der Waals surface area contributed by atoms with Crippen molar-refractivity contribution in [2.75, 3.05) is 26.0 Å². The van der Waals surface area contributed by atoms with Gasteiger partial charge < -0.3 is 9.84 Å². The predicted molar refractivity (Wildman–Crippen MR) is 93.8 cm³/mol. The molecule has 0 spiro atoms. The number of benzene rings is 1. The molecule has 0 aliphatic carbocycles. The molecule has 1 aromatic carbocycles. The first-order chi connectivity index (χ1) is 10.9. The van der Waals surface area contributed by atoms with Crippen molar-refractivity contribution in [3.05, 3.63) is 24.3 Å². The summed E-state index contributed by atoms with van der Waals surface area (Å²) in [6.07, 6.45) is 4.62. The summed E-state index contributed by atoms with van der Waals surface area (Å²) in [5.41, 5.74) is 0. The molecule has 24 heavy (non-hydrogen) atoms. The van der Waals surface area contributed by atoms with Crippen LogP contribution in [0.1, 0.15) is 25.7 Å². The molecule has 1 atom stereocenters. The maximum Gasteiger partial charge on any atom is 0.320 e. The van der Waals surface area contributed by atoms with Gasteiger partial charge in [-0.25, -0.2) is 8.42 Å². The average molecular weight is 378 g/mol. The molecule has 2 rings (SSSR count). The van der Waals surface area contributed by atoms with Gasteiger partial charge >= 0.3 is 5.97 Å². The molecular weight excluding hydrogens is 354 g/mol. The van der Waals surface area contributed by atoms with Gasteiger partial charge in [0, 0.05) is 12.8 Å². The summed E-state index contributed by atoms with van der Waals surface area (Å²) >= 11 is 0. The second-order valence-electron chi connectivity index (χ2n) is 5.83. The molecule has 1 fully saturated rings. The Bertz CT molecular complexity index is 632. The van der Waals surface area contributed by atoms with Crippen LogP contribution in [0.4, 0.5) is 0 Å². The molecule has 0 amide bonds. The first-order valence-corrected chi connectivity index (χ1v) is 9.67. The number of sulfone groups is 1. The smallest absolute Gasteiger partial charge is 0.320 e. The van der Waals surface area contributed by atoms with E-state index in [1.54, 1.807) is 12.1 Å². The molecule has 6 nitrogen and oxygen atoms in total. The molecule has 136 valence electrons. The Morgan fingerprint density at radius 3 is 2.54 bits per heavy atom. The van der Waals surface area contributed by atoms with Crippen LogP contribution in [0.15, 0.2) is 29.2 Å². The minimum Gasteiger partial charge on any atom is -0.494 e. The SMILES string of the molecule is CS(=O)(=O)c1ccc(OCCCN2CCCCC2C(=O)O)cc1.Cl.